The monoisotopic (exact) mass is 267 g/mol. The fraction of sp³-hybridized carbons (Fsp3) is 0.364. The molecule has 15 heavy (non-hydrogen) atoms. The largest absolute Gasteiger partial charge is 0.330 e. The second-order valence-corrected chi connectivity index (χ2v) is 4.63. The van der Waals surface area contributed by atoms with Crippen LogP contribution in [0.5, 0.6) is 0 Å². The van der Waals surface area contributed by atoms with Crippen LogP contribution in [-0.2, 0) is 7.05 Å². The quantitative estimate of drug-likeness (QED) is 0.908. The van der Waals surface area contributed by atoms with Crippen molar-refractivity contribution < 1.29 is 0 Å². The third-order valence-electron chi connectivity index (χ3n) is 2.67. The highest BCUT2D eigenvalue weighted by Crippen LogP contribution is 2.30. The number of nitrogens with zero attached hydrogens (tertiary/aromatic N) is 2. The third-order valence-corrected chi connectivity index (χ3v) is 3.34. The Hall–Kier alpha value is -0.870. The number of aryl methyl sites for hydroxylation is 1. The van der Waals surface area contributed by atoms with Gasteiger partial charge < -0.3 is 5.73 Å². The summed E-state index contributed by atoms with van der Waals surface area (Å²) in [5.74, 6) is 0.285. The Balaban J connectivity index is 2.75. The lowest BCUT2D eigenvalue weighted by molar-refractivity contribution is 0.697. The zero-order valence-corrected chi connectivity index (χ0v) is 10.5. The number of hydrogen-bond acceptors (Lipinski definition) is 2. The number of nitrogens with two attached hydrogens (primary N) is 1. The average molecular weight is 268 g/mol. The van der Waals surface area contributed by atoms with Gasteiger partial charge in [-0.05, 0) is 12.1 Å². The van der Waals surface area contributed by atoms with Crippen molar-refractivity contribution in [2.45, 2.75) is 12.8 Å². The van der Waals surface area contributed by atoms with Crippen LogP contribution in [0.25, 0.3) is 10.9 Å². The number of fused-ring (bicyclic) bond motifs is 1. The molecule has 0 saturated carbocycles. The Morgan fingerprint density at radius 3 is 2.93 bits per heavy atom. The lowest BCUT2D eigenvalue weighted by Crippen LogP contribution is -2.10. The summed E-state index contributed by atoms with van der Waals surface area (Å²) < 4.78 is 2.99. The van der Waals surface area contributed by atoms with E-state index < -0.39 is 0 Å². The van der Waals surface area contributed by atoms with Crippen molar-refractivity contribution in [3.8, 4) is 0 Å². The van der Waals surface area contributed by atoms with Gasteiger partial charge in [-0.15, -0.1) is 0 Å². The van der Waals surface area contributed by atoms with Gasteiger partial charge in [-0.2, -0.15) is 5.10 Å². The van der Waals surface area contributed by atoms with Gasteiger partial charge in [0, 0.05) is 29.4 Å². The van der Waals surface area contributed by atoms with Crippen molar-refractivity contribution in [2.75, 3.05) is 6.54 Å². The zero-order valence-electron chi connectivity index (χ0n) is 8.87. The minimum atomic E-state index is 0.285. The molecule has 80 valence electrons. The first kappa shape index (κ1) is 10.6. The summed E-state index contributed by atoms with van der Waals surface area (Å²) in [6, 6.07) is 6.13. The summed E-state index contributed by atoms with van der Waals surface area (Å²) in [4.78, 5) is 0. The van der Waals surface area contributed by atoms with Gasteiger partial charge in [0.1, 0.15) is 0 Å². The first-order valence-electron chi connectivity index (χ1n) is 4.96. The van der Waals surface area contributed by atoms with Crippen LogP contribution in [0, 0.1) is 0 Å². The van der Waals surface area contributed by atoms with E-state index in [2.05, 4.69) is 34.0 Å². The molecule has 1 aromatic carbocycles. The maximum Gasteiger partial charge on any atom is 0.0755 e. The molecule has 4 heteroatoms. The molecule has 1 heterocycles. The lowest BCUT2D eigenvalue weighted by Gasteiger charge is -2.05. The van der Waals surface area contributed by atoms with E-state index in [1.807, 2.05) is 23.9 Å². The minimum absolute atomic E-state index is 0.285. The fourth-order valence-electron chi connectivity index (χ4n) is 1.76. The molecule has 0 spiro atoms. The molecule has 0 amide bonds. The number of rotatable bonds is 2. The molecule has 0 aliphatic carbocycles. The summed E-state index contributed by atoms with van der Waals surface area (Å²) in [6.07, 6.45) is 0. The van der Waals surface area contributed by atoms with Crippen molar-refractivity contribution in [1.82, 2.24) is 9.78 Å². The minimum Gasteiger partial charge on any atom is -0.330 e. The lowest BCUT2D eigenvalue weighted by atomic mass is 10.0. The van der Waals surface area contributed by atoms with Crippen LogP contribution >= 0.6 is 15.9 Å². The Kier molecular flexibility index (Phi) is 2.80. The summed E-state index contributed by atoms with van der Waals surface area (Å²) in [6.45, 7) is 2.72. The molecule has 0 bridgehead atoms. The van der Waals surface area contributed by atoms with Gasteiger partial charge in [-0.1, -0.05) is 28.9 Å². The normalized spacial score (nSPS) is 13.3. The molecule has 1 aromatic heterocycles. The van der Waals surface area contributed by atoms with E-state index in [1.165, 1.54) is 5.39 Å². The van der Waals surface area contributed by atoms with Gasteiger partial charge in [0.25, 0.3) is 0 Å². The maximum atomic E-state index is 5.69. The van der Waals surface area contributed by atoms with Crippen LogP contribution in [0.15, 0.2) is 22.7 Å². The molecule has 0 aliphatic rings. The molecule has 0 saturated heterocycles. The first-order valence-corrected chi connectivity index (χ1v) is 5.75. The molecular weight excluding hydrogens is 254 g/mol. The second kappa shape index (κ2) is 3.94. The van der Waals surface area contributed by atoms with Crippen LogP contribution < -0.4 is 5.73 Å². The summed E-state index contributed by atoms with van der Waals surface area (Å²) in [7, 11) is 1.96. The molecule has 0 fully saturated rings. The first-order chi connectivity index (χ1) is 7.15. The standard InChI is InChI=1S/C11H14BrN3/c1-7(6-13)11-10-8(12)4-3-5-9(10)15(2)14-11/h3-5,7H,6,13H2,1-2H3. The Labute approximate surface area is 97.4 Å². The predicted octanol–water partition coefficient (Wildman–Crippen LogP) is 2.40. The van der Waals surface area contributed by atoms with Crippen molar-refractivity contribution >= 4 is 26.8 Å². The van der Waals surface area contributed by atoms with Crippen LogP contribution in [0.1, 0.15) is 18.5 Å². The molecule has 1 atom stereocenters. The van der Waals surface area contributed by atoms with Gasteiger partial charge >= 0.3 is 0 Å². The van der Waals surface area contributed by atoms with E-state index in [0.717, 1.165) is 15.7 Å². The molecule has 0 radical (unpaired) electrons. The summed E-state index contributed by atoms with van der Waals surface area (Å²) in [5.41, 5.74) is 7.90. The van der Waals surface area contributed by atoms with Crippen molar-refractivity contribution in [2.24, 2.45) is 12.8 Å². The van der Waals surface area contributed by atoms with Crippen LogP contribution in [0.2, 0.25) is 0 Å². The Bertz CT molecular complexity index is 490. The molecule has 2 aromatic rings. The van der Waals surface area contributed by atoms with E-state index in [9.17, 15) is 0 Å². The highest BCUT2D eigenvalue weighted by Gasteiger charge is 2.15. The number of halogens is 1. The predicted molar refractivity (Wildman–Crippen MR) is 65.9 cm³/mol. The van der Waals surface area contributed by atoms with Crippen molar-refractivity contribution in [1.29, 1.82) is 0 Å². The van der Waals surface area contributed by atoms with E-state index in [0.29, 0.717) is 6.54 Å². The fourth-order valence-corrected chi connectivity index (χ4v) is 2.32. The van der Waals surface area contributed by atoms with E-state index >= 15 is 0 Å². The highest BCUT2D eigenvalue weighted by atomic mass is 79.9. The maximum absolute atomic E-state index is 5.69. The number of hydrogen-bond donors (Lipinski definition) is 1. The number of benzene rings is 1. The van der Waals surface area contributed by atoms with Crippen molar-refractivity contribution in [3.63, 3.8) is 0 Å². The summed E-state index contributed by atoms with van der Waals surface area (Å²) >= 11 is 3.56. The molecule has 3 nitrogen and oxygen atoms in total. The zero-order chi connectivity index (χ0) is 11.0. The van der Waals surface area contributed by atoms with Crippen LogP contribution in [0.4, 0.5) is 0 Å². The number of aromatic nitrogens is 2. The van der Waals surface area contributed by atoms with Crippen LogP contribution in [0.3, 0.4) is 0 Å². The van der Waals surface area contributed by atoms with Gasteiger partial charge in [0.05, 0.1) is 11.2 Å². The smallest absolute Gasteiger partial charge is 0.0755 e. The van der Waals surface area contributed by atoms with E-state index in [-0.39, 0.29) is 5.92 Å². The molecule has 2 rings (SSSR count). The Morgan fingerprint density at radius 1 is 1.53 bits per heavy atom. The highest BCUT2D eigenvalue weighted by molar-refractivity contribution is 9.10. The van der Waals surface area contributed by atoms with Crippen LogP contribution in [-0.4, -0.2) is 16.3 Å². The molecule has 0 aliphatic heterocycles. The molecular formula is C11H14BrN3. The van der Waals surface area contributed by atoms with Crippen molar-refractivity contribution in [3.05, 3.63) is 28.4 Å². The summed E-state index contributed by atoms with van der Waals surface area (Å²) in [5, 5.41) is 5.71. The van der Waals surface area contributed by atoms with Gasteiger partial charge in [0.2, 0.25) is 0 Å². The third kappa shape index (κ3) is 1.68. The second-order valence-electron chi connectivity index (χ2n) is 3.78. The van der Waals surface area contributed by atoms with E-state index in [4.69, 9.17) is 5.73 Å². The Morgan fingerprint density at radius 2 is 2.27 bits per heavy atom. The van der Waals surface area contributed by atoms with Gasteiger partial charge in [0.15, 0.2) is 0 Å². The van der Waals surface area contributed by atoms with E-state index in [1.54, 1.807) is 0 Å². The SMILES string of the molecule is CC(CN)c1nn(C)c2cccc(Br)c12. The van der Waals surface area contributed by atoms with Gasteiger partial charge in [-0.25, -0.2) is 0 Å². The molecule has 2 N–H and O–H groups in total. The van der Waals surface area contributed by atoms with Gasteiger partial charge in [-0.3, -0.25) is 4.68 Å². The topological polar surface area (TPSA) is 43.8 Å². The average Bonchev–Trinajstić information content (AvgIpc) is 2.57. The molecule has 1 unspecified atom stereocenters.